The van der Waals surface area contributed by atoms with Crippen LogP contribution in [-0.2, 0) is 4.79 Å². The lowest BCUT2D eigenvalue weighted by Crippen LogP contribution is -2.19. The van der Waals surface area contributed by atoms with Gasteiger partial charge in [-0.05, 0) is 19.1 Å². The first-order valence-electron chi connectivity index (χ1n) is 4.79. The van der Waals surface area contributed by atoms with E-state index in [9.17, 15) is 13.6 Å². The van der Waals surface area contributed by atoms with Crippen LogP contribution in [0.25, 0.3) is 0 Å². The summed E-state index contributed by atoms with van der Waals surface area (Å²) in [5.41, 5.74) is 0.296. The van der Waals surface area contributed by atoms with Crippen molar-refractivity contribution in [2.24, 2.45) is 5.92 Å². The summed E-state index contributed by atoms with van der Waals surface area (Å²) in [6, 6.07) is 8.02. The Bertz CT molecular complexity index is 445. The third-order valence-electron chi connectivity index (χ3n) is 1.95. The van der Waals surface area contributed by atoms with Crippen LogP contribution in [0.1, 0.15) is 6.92 Å². The van der Waals surface area contributed by atoms with Crippen molar-refractivity contribution >= 4 is 23.4 Å². The Balaban J connectivity index is 2.84. The lowest BCUT2D eigenvalue weighted by molar-refractivity contribution is -0.117. The smallest absolute Gasteiger partial charge is 0.288 e. The average Bonchev–Trinajstić information content (AvgIpc) is 2.29. The summed E-state index contributed by atoms with van der Waals surface area (Å²) in [7, 11) is 0. The zero-order valence-corrected chi connectivity index (χ0v) is 9.80. The SMILES string of the molecule is CC(C#N)C(=O)Nc1ccccc1SC(F)F. The highest BCUT2D eigenvalue weighted by Gasteiger charge is 2.15. The molecule has 3 nitrogen and oxygen atoms in total. The highest BCUT2D eigenvalue weighted by atomic mass is 32.2. The lowest BCUT2D eigenvalue weighted by atomic mass is 10.2. The van der Waals surface area contributed by atoms with Gasteiger partial charge in [-0.15, -0.1) is 0 Å². The summed E-state index contributed by atoms with van der Waals surface area (Å²) >= 11 is 0.355. The predicted molar refractivity (Wildman–Crippen MR) is 61.7 cm³/mol. The Kier molecular flexibility index (Phi) is 4.91. The van der Waals surface area contributed by atoms with Crippen molar-refractivity contribution in [3.05, 3.63) is 24.3 Å². The molecule has 1 N–H and O–H groups in total. The highest BCUT2D eigenvalue weighted by Crippen LogP contribution is 2.31. The quantitative estimate of drug-likeness (QED) is 0.842. The minimum atomic E-state index is -2.55. The molecule has 6 heteroatoms. The summed E-state index contributed by atoms with van der Waals surface area (Å²) < 4.78 is 24.5. The molecule has 0 aliphatic carbocycles. The first-order chi connectivity index (χ1) is 8.04. The van der Waals surface area contributed by atoms with Crippen LogP contribution in [0.5, 0.6) is 0 Å². The first kappa shape index (κ1) is 13.5. The number of anilines is 1. The van der Waals surface area contributed by atoms with Crippen LogP contribution in [0, 0.1) is 17.2 Å². The molecule has 90 valence electrons. The van der Waals surface area contributed by atoms with E-state index < -0.39 is 17.6 Å². The van der Waals surface area contributed by atoms with Crippen LogP contribution in [-0.4, -0.2) is 11.7 Å². The van der Waals surface area contributed by atoms with Gasteiger partial charge in [-0.25, -0.2) is 0 Å². The number of nitriles is 1. The third kappa shape index (κ3) is 4.04. The minimum absolute atomic E-state index is 0.279. The normalized spacial score (nSPS) is 11.9. The first-order valence-corrected chi connectivity index (χ1v) is 5.67. The molecule has 0 aliphatic rings. The van der Waals surface area contributed by atoms with Gasteiger partial charge < -0.3 is 5.32 Å². The summed E-state index contributed by atoms with van der Waals surface area (Å²) in [6.45, 7) is 1.44. The number of rotatable bonds is 4. The van der Waals surface area contributed by atoms with Crippen molar-refractivity contribution in [2.75, 3.05) is 5.32 Å². The zero-order chi connectivity index (χ0) is 12.8. The fourth-order valence-corrected chi connectivity index (χ4v) is 1.66. The van der Waals surface area contributed by atoms with E-state index in [1.54, 1.807) is 18.2 Å². The van der Waals surface area contributed by atoms with Gasteiger partial charge in [0.1, 0.15) is 5.92 Å². The number of carbonyl (C=O) groups is 1. The standard InChI is InChI=1S/C11H10F2N2OS/c1-7(6-14)10(16)15-8-4-2-3-5-9(8)17-11(12)13/h2-5,7,11H,1H3,(H,15,16). The molecule has 0 saturated heterocycles. The molecule has 0 saturated carbocycles. The number of benzene rings is 1. The largest absolute Gasteiger partial charge is 0.324 e. The van der Waals surface area contributed by atoms with Gasteiger partial charge in [0.2, 0.25) is 5.91 Å². The molecular weight excluding hydrogens is 246 g/mol. The number of hydrogen-bond donors (Lipinski definition) is 1. The second kappa shape index (κ2) is 6.21. The minimum Gasteiger partial charge on any atom is -0.324 e. The van der Waals surface area contributed by atoms with Gasteiger partial charge in [0.15, 0.2) is 0 Å². The Morgan fingerprint density at radius 3 is 2.71 bits per heavy atom. The van der Waals surface area contributed by atoms with Crippen LogP contribution >= 0.6 is 11.8 Å². The predicted octanol–water partition coefficient (Wildman–Crippen LogP) is 3.10. The van der Waals surface area contributed by atoms with Crippen molar-refractivity contribution in [3.63, 3.8) is 0 Å². The fraction of sp³-hybridized carbons (Fsp3) is 0.273. The maximum Gasteiger partial charge on any atom is 0.288 e. The van der Waals surface area contributed by atoms with E-state index in [1.165, 1.54) is 19.1 Å². The number of amides is 1. The lowest BCUT2D eigenvalue weighted by Gasteiger charge is -2.10. The molecule has 1 rings (SSSR count). The van der Waals surface area contributed by atoms with Gasteiger partial charge >= 0.3 is 0 Å². The molecule has 0 heterocycles. The van der Waals surface area contributed by atoms with Crippen LogP contribution < -0.4 is 5.32 Å². The molecule has 1 atom stereocenters. The third-order valence-corrected chi connectivity index (χ3v) is 2.74. The number of nitrogens with zero attached hydrogens (tertiary/aromatic N) is 1. The molecule has 0 bridgehead atoms. The van der Waals surface area contributed by atoms with Crippen LogP contribution in [0.4, 0.5) is 14.5 Å². The van der Waals surface area contributed by atoms with Gasteiger partial charge in [0.05, 0.1) is 11.8 Å². The van der Waals surface area contributed by atoms with Crippen molar-refractivity contribution in [1.82, 2.24) is 0 Å². The Morgan fingerprint density at radius 1 is 1.47 bits per heavy atom. The van der Waals surface area contributed by atoms with Crippen LogP contribution in [0.2, 0.25) is 0 Å². The number of para-hydroxylation sites is 1. The number of nitrogens with one attached hydrogen (secondary N) is 1. The second-order valence-corrected chi connectivity index (χ2v) is 4.25. The fourth-order valence-electron chi connectivity index (χ4n) is 1.07. The molecule has 0 radical (unpaired) electrons. The maximum atomic E-state index is 12.3. The van der Waals surface area contributed by atoms with Gasteiger partial charge in [-0.3, -0.25) is 4.79 Å². The number of carbonyl (C=O) groups excluding carboxylic acids is 1. The number of halogens is 2. The Hall–Kier alpha value is -1.61. The molecule has 1 amide bonds. The average molecular weight is 256 g/mol. The highest BCUT2D eigenvalue weighted by molar-refractivity contribution is 7.99. The van der Waals surface area contributed by atoms with E-state index in [-0.39, 0.29) is 4.90 Å². The summed E-state index contributed by atoms with van der Waals surface area (Å²) in [6.07, 6.45) is 0. The van der Waals surface area contributed by atoms with Crippen molar-refractivity contribution < 1.29 is 13.6 Å². The molecule has 1 aromatic carbocycles. The van der Waals surface area contributed by atoms with Crippen molar-refractivity contribution in [3.8, 4) is 6.07 Å². The molecule has 0 aliphatic heterocycles. The number of hydrogen-bond acceptors (Lipinski definition) is 3. The van der Waals surface area contributed by atoms with E-state index >= 15 is 0 Å². The van der Waals surface area contributed by atoms with Crippen molar-refractivity contribution in [1.29, 1.82) is 5.26 Å². The summed E-state index contributed by atoms with van der Waals surface area (Å²) in [5, 5.41) is 11.0. The molecule has 1 unspecified atom stereocenters. The molecule has 0 fully saturated rings. The van der Waals surface area contributed by atoms with Crippen LogP contribution in [0.15, 0.2) is 29.2 Å². The Labute approximate surface area is 102 Å². The molecule has 0 aromatic heterocycles. The molecular formula is C11H10F2N2OS. The number of alkyl halides is 2. The Morgan fingerprint density at radius 2 is 2.12 bits per heavy atom. The molecule has 17 heavy (non-hydrogen) atoms. The van der Waals surface area contributed by atoms with E-state index in [1.807, 2.05) is 0 Å². The van der Waals surface area contributed by atoms with Crippen LogP contribution in [0.3, 0.4) is 0 Å². The topological polar surface area (TPSA) is 52.9 Å². The maximum absolute atomic E-state index is 12.3. The van der Waals surface area contributed by atoms with Gasteiger partial charge in [-0.1, -0.05) is 23.9 Å². The summed E-state index contributed by atoms with van der Waals surface area (Å²) in [4.78, 5) is 11.7. The van der Waals surface area contributed by atoms with Gasteiger partial charge in [0, 0.05) is 4.90 Å². The van der Waals surface area contributed by atoms with E-state index in [0.29, 0.717) is 17.4 Å². The second-order valence-electron chi connectivity index (χ2n) is 3.21. The van der Waals surface area contributed by atoms with Gasteiger partial charge in [-0.2, -0.15) is 14.0 Å². The zero-order valence-electron chi connectivity index (χ0n) is 8.98. The van der Waals surface area contributed by atoms with E-state index in [4.69, 9.17) is 5.26 Å². The molecule has 0 spiro atoms. The van der Waals surface area contributed by atoms with E-state index in [0.717, 1.165) is 0 Å². The van der Waals surface area contributed by atoms with E-state index in [2.05, 4.69) is 5.32 Å². The van der Waals surface area contributed by atoms with Crippen molar-refractivity contribution in [2.45, 2.75) is 17.6 Å². The molecule has 1 aromatic rings. The summed E-state index contributed by atoms with van der Waals surface area (Å²) in [5.74, 6) is -3.88. The number of thioether (sulfide) groups is 1. The van der Waals surface area contributed by atoms with Gasteiger partial charge in [0.25, 0.3) is 5.76 Å². The monoisotopic (exact) mass is 256 g/mol.